The van der Waals surface area contributed by atoms with Gasteiger partial charge < -0.3 is 10.2 Å². The van der Waals surface area contributed by atoms with E-state index in [-0.39, 0.29) is 0 Å². The molecule has 3 nitrogen and oxygen atoms in total. The van der Waals surface area contributed by atoms with Crippen molar-refractivity contribution in [3.8, 4) is 0 Å². The topological polar surface area (TPSA) is 32.3 Å². The summed E-state index contributed by atoms with van der Waals surface area (Å²) in [4.78, 5) is 14.7. The molecule has 0 spiro atoms. The van der Waals surface area contributed by atoms with E-state index in [9.17, 15) is 4.79 Å². The maximum absolute atomic E-state index is 12.6. The summed E-state index contributed by atoms with van der Waals surface area (Å²) in [5, 5.41) is 3.36. The highest BCUT2D eigenvalue weighted by molar-refractivity contribution is 5.76. The molecule has 1 atom stereocenters. The molecule has 122 valence electrons. The van der Waals surface area contributed by atoms with Crippen LogP contribution < -0.4 is 5.32 Å². The number of amides is 1. The average Bonchev–Trinajstić information content (AvgIpc) is 3.04. The second-order valence-electron chi connectivity index (χ2n) is 6.63. The lowest BCUT2D eigenvalue weighted by Gasteiger charge is -2.28. The number of aryl methyl sites for hydroxylation is 1. The fraction of sp³-hybridized carbons (Fsp3) is 0.632. The van der Waals surface area contributed by atoms with Gasteiger partial charge in [-0.2, -0.15) is 0 Å². The van der Waals surface area contributed by atoms with Crippen LogP contribution >= 0.6 is 0 Å². The van der Waals surface area contributed by atoms with E-state index in [2.05, 4.69) is 55.3 Å². The Hall–Kier alpha value is -1.35. The Kier molecular flexibility index (Phi) is 6.44. The minimum absolute atomic E-state index is 0.309. The molecule has 2 rings (SSSR count). The molecule has 0 aromatic heterocycles. The number of nitrogens with one attached hydrogen (secondary N) is 1. The Morgan fingerprint density at radius 1 is 1.32 bits per heavy atom. The second-order valence-corrected chi connectivity index (χ2v) is 6.63. The molecule has 1 saturated heterocycles. The molecule has 3 heteroatoms. The van der Waals surface area contributed by atoms with E-state index in [0.717, 1.165) is 38.9 Å². The molecular weight excluding hydrogens is 272 g/mol. The van der Waals surface area contributed by atoms with E-state index in [1.165, 1.54) is 11.1 Å². The number of carbonyl (C=O) groups excluding carboxylic acids is 1. The Morgan fingerprint density at radius 3 is 2.59 bits per heavy atom. The standard InChI is InChI=1S/C19H30N2O/c1-4-13-21(18-11-12-20-14-18)19(22)10-7-16-5-8-17(9-6-16)15(2)3/h5-6,8-9,15,18,20H,4,7,10-14H2,1-3H3. The zero-order chi connectivity index (χ0) is 15.9. The maximum atomic E-state index is 12.6. The van der Waals surface area contributed by atoms with Gasteiger partial charge in [-0.3, -0.25) is 4.79 Å². The van der Waals surface area contributed by atoms with Crippen molar-refractivity contribution in [1.82, 2.24) is 10.2 Å². The van der Waals surface area contributed by atoms with Crippen molar-refractivity contribution >= 4 is 5.91 Å². The van der Waals surface area contributed by atoms with E-state index in [1.807, 2.05) is 0 Å². The third-order valence-corrected chi connectivity index (χ3v) is 4.53. The first-order chi connectivity index (χ1) is 10.6. The number of carbonyl (C=O) groups is 1. The predicted octanol–water partition coefficient (Wildman–Crippen LogP) is 3.34. The maximum Gasteiger partial charge on any atom is 0.223 e. The monoisotopic (exact) mass is 302 g/mol. The average molecular weight is 302 g/mol. The first-order valence-electron chi connectivity index (χ1n) is 8.70. The van der Waals surface area contributed by atoms with Gasteiger partial charge in [0.05, 0.1) is 0 Å². The van der Waals surface area contributed by atoms with Crippen LogP contribution in [-0.4, -0.2) is 36.5 Å². The Balaban J connectivity index is 1.89. The Labute approximate surface area is 135 Å². The molecule has 1 amide bonds. The third-order valence-electron chi connectivity index (χ3n) is 4.53. The van der Waals surface area contributed by atoms with Crippen LogP contribution in [0.2, 0.25) is 0 Å². The molecule has 0 aliphatic carbocycles. The van der Waals surface area contributed by atoms with E-state index >= 15 is 0 Å². The van der Waals surface area contributed by atoms with Gasteiger partial charge in [0, 0.05) is 25.6 Å². The third kappa shape index (κ3) is 4.57. The summed E-state index contributed by atoms with van der Waals surface area (Å²) in [5.41, 5.74) is 2.62. The van der Waals surface area contributed by atoms with E-state index in [1.54, 1.807) is 0 Å². The van der Waals surface area contributed by atoms with Gasteiger partial charge in [-0.15, -0.1) is 0 Å². The molecule has 1 heterocycles. The lowest BCUT2D eigenvalue weighted by molar-refractivity contribution is -0.133. The largest absolute Gasteiger partial charge is 0.338 e. The van der Waals surface area contributed by atoms with Gasteiger partial charge in [0.1, 0.15) is 0 Å². The van der Waals surface area contributed by atoms with Crippen molar-refractivity contribution in [3.63, 3.8) is 0 Å². The molecule has 1 fully saturated rings. The normalized spacial score (nSPS) is 17.9. The van der Waals surface area contributed by atoms with Crippen LogP contribution in [0.4, 0.5) is 0 Å². The van der Waals surface area contributed by atoms with Gasteiger partial charge in [0.2, 0.25) is 5.91 Å². The van der Waals surface area contributed by atoms with Crippen LogP contribution in [0, 0.1) is 0 Å². The molecular formula is C19H30N2O. The van der Waals surface area contributed by atoms with Gasteiger partial charge in [-0.05, 0) is 42.9 Å². The number of rotatable bonds is 7. The highest BCUT2D eigenvalue weighted by Gasteiger charge is 2.25. The van der Waals surface area contributed by atoms with Crippen LogP contribution in [0.25, 0.3) is 0 Å². The van der Waals surface area contributed by atoms with E-state index < -0.39 is 0 Å². The highest BCUT2D eigenvalue weighted by atomic mass is 16.2. The summed E-state index contributed by atoms with van der Waals surface area (Å²) < 4.78 is 0. The molecule has 1 aliphatic heterocycles. The van der Waals surface area contributed by atoms with Gasteiger partial charge in [0.25, 0.3) is 0 Å². The van der Waals surface area contributed by atoms with Crippen molar-refractivity contribution in [1.29, 1.82) is 0 Å². The molecule has 0 bridgehead atoms. The number of benzene rings is 1. The van der Waals surface area contributed by atoms with Gasteiger partial charge in [-0.25, -0.2) is 0 Å². The number of hydrogen-bond donors (Lipinski definition) is 1. The van der Waals surface area contributed by atoms with Crippen molar-refractivity contribution in [2.45, 2.75) is 58.4 Å². The minimum atomic E-state index is 0.309. The quantitative estimate of drug-likeness (QED) is 0.838. The molecule has 1 aromatic rings. The molecule has 1 unspecified atom stereocenters. The van der Waals surface area contributed by atoms with E-state index in [4.69, 9.17) is 0 Å². The molecule has 1 aliphatic rings. The van der Waals surface area contributed by atoms with Gasteiger partial charge >= 0.3 is 0 Å². The smallest absolute Gasteiger partial charge is 0.223 e. The molecule has 1 aromatic carbocycles. The first-order valence-corrected chi connectivity index (χ1v) is 8.70. The summed E-state index contributed by atoms with van der Waals surface area (Å²) in [5.74, 6) is 0.870. The summed E-state index contributed by atoms with van der Waals surface area (Å²) in [6.45, 7) is 9.43. The zero-order valence-electron chi connectivity index (χ0n) is 14.3. The molecule has 0 radical (unpaired) electrons. The number of nitrogens with zero attached hydrogens (tertiary/aromatic N) is 1. The summed E-state index contributed by atoms with van der Waals surface area (Å²) in [6.07, 6.45) is 3.59. The Morgan fingerprint density at radius 2 is 2.05 bits per heavy atom. The van der Waals surface area contributed by atoms with Crippen molar-refractivity contribution in [2.75, 3.05) is 19.6 Å². The molecule has 1 N–H and O–H groups in total. The van der Waals surface area contributed by atoms with Crippen LogP contribution in [0.5, 0.6) is 0 Å². The fourth-order valence-corrected chi connectivity index (χ4v) is 3.12. The number of hydrogen-bond acceptors (Lipinski definition) is 2. The lowest BCUT2D eigenvalue weighted by Crippen LogP contribution is -2.42. The Bertz CT molecular complexity index is 461. The summed E-state index contributed by atoms with van der Waals surface area (Å²) in [7, 11) is 0. The van der Waals surface area contributed by atoms with Crippen LogP contribution in [-0.2, 0) is 11.2 Å². The van der Waals surface area contributed by atoms with Crippen LogP contribution in [0.1, 0.15) is 57.1 Å². The summed E-state index contributed by atoms with van der Waals surface area (Å²) >= 11 is 0. The minimum Gasteiger partial charge on any atom is -0.338 e. The predicted molar refractivity (Wildman–Crippen MR) is 92.1 cm³/mol. The fourth-order valence-electron chi connectivity index (χ4n) is 3.12. The molecule has 0 saturated carbocycles. The zero-order valence-corrected chi connectivity index (χ0v) is 14.3. The first kappa shape index (κ1) is 17.0. The van der Waals surface area contributed by atoms with Crippen molar-refractivity contribution < 1.29 is 4.79 Å². The molecule has 22 heavy (non-hydrogen) atoms. The van der Waals surface area contributed by atoms with Crippen LogP contribution in [0.3, 0.4) is 0 Å². The van der Waals surface area contributed by atoms with Gasteiger partial charge in [0.15, 0.2) is 0 Å². The lowest BCUT2D eigenvalue weighted by atomic mass is 10.00. The van der Waals surface area contributed by atoms with Crippen LogP contribution in [0.15, 0.2) is 24.3 Å². The van der Waals surface area contributed by atoms with Gasteiger partial charge in [-0.1, -0.05) is 45.0 Å². The van der Waals surface area contributed by atoms with Crippen molar-refractivity contribution in [3.05, 3.63) is 35.4 Å². The second kappa shape index (κ2) is 8.33. The SMILES string of the molecule is CCCN(C(=O)CCc1ccc(C(C)C)cc1)C1CCNC1. The van der Waals surface area contributed by atoms with Crippen molar-refractivity contribution in [2.24, 2.45) is 0 Å². The summed E-state index contributed by atoms with van der Waals surface area (Å²) in [6, 6.07) is 9.12. The van der Waals surface area contributed by atoms with E-state index in [0.29, 0.717) is 24.3 Å². The highest BCUT2D eigenvalue weighted by Crippen LogP contribution is 2.17.